The summed E-state index contributed by atoms with van der Waals surface area (Å²) in [5, 5.41) is 9.51. The fourth-order valence-electron chi connectivity index (χ4n) is 2.42. The van der Waals surface area contributed by atoms with Gasteiger partial charge in [-0.1, -0.05) is 38.1 Å². The first-order valence-corrected chi connectivity index (χ1v) is 9.58. The largest absolute Gasteiger partial charge is 0.508 e. The van der Waals surface area contributed by atoms with E-state index in [9.17, 15) is 13.5 Å². The Kier molecular flexibility index (Phi) is 4.90. The molecular formula is C19H19N3O3S. The van der Waals surface area contributed by atoms with Crippen molar-refractivity contribution in [2.24, 2.45) is 0 Å². The van der Waals surface area contributed by atoms with Gasteiger partial charge in [-0.2, -0.15) is 0 Å². The Morgan fingerprint density at radius 1 is 1.00 bits per heavy atom. The zero-order valence-corrected chi connectivity index (χ0v) is 15.2. The van der Waals surface area contributed by atoms with E-state index in [1.807, 2.05) is 13.8 Å². The number of nitrogens with one attached hydrogen (secondary N) is 1. The van der Waals surface area contributed by atoms with E-state index in [1.54, 1.807) is 42.5 Å². The highest BCUT2D eigenvalue weighted by Crippen LogP contribution is 2.22. The lowest BCUT2D eigenvalue weighted by Gasteiger charge is -2.10. The van der Waals surface area contributed by atoms with Crippen LogP contribution in [0.2, 0.25) is 0 Å². The van der Waals surface area contributed by atoms with Crippen molar-refractivity contribution in [2.45, 2.75) is 24.7 Å². The van der Waals surface area contributed by atoms with Crippen LogP contribution in [0.5, 0.6) is 5.75 Å². The molecule has 0 spiro atoms. The topological polar surface area (TPSA) is 92.2 Å². The SMILES string of the molecule is CC(C)c1ccc(S(=O)(=O)Nc2cnc(-c3cccc(O)c3)nc2)cc1. The van der Waals surface area contributed by atoms with Gasteiger partial charge in [0.15, 0.2) is 5.82 Å². The monoisotopic (exact) mass is 369 g/mol. The van der Waals surface area contributed by atoms with E-state index < -0.39 is 10.0 Å². The van der Waals surface area contributed by atoms with Gasteiger partial charge < -0.3 is 5.11 Å². The highest BCUT2D eigenvalue weighted by Gasteiger charge is 2.15. The van der Waals surface area contributed by atoms with Crippen LogP contribution < -0.4 is 4.72 Å². The first kappa shape index (κ1) is 17.9. The van der Waals surface area contributed by atoms with E-state index in [-0.39, 0.29) is 16.3 Å². The van der Waals surface area contributed by atoms with E-state index in [0.717, 1.165) is 5.56 Å². The fourth-order valence-corrected chi connectivity index (χ4v) is 3.45. The van der Waals surface area contributed by atoms with Gasteiger partial charge >= 0.3 is 0 Å². The van der Waals surface area contributed by atoms with Gasteiger partial charge in [0.25, 0.3) is 10.0 Å². The molecule has 1 heterocycles. The smallest absolute Gasteiger partial charge is 0.261 e. The van der Waals surface area contributed by atoms with E-state index in [1.165, 1.54) is 18.5 Å². The van der Waals surface area contributed by atoms with E-state index in [0.29, 0.717) is 17.3 Å². The molecule has 0 saturated carbocycles. The van der Waals surface area contributed by atoms with Crippen molar-refractivity contribution in [3.8, 4) is 17.1 Å². The van der Waals surface area contributed by atoms with Gasteiger partial charge in [-0.15, -0.1) is 0 Å². The molecule has 134 valence electrons. The van der Waals surface area contributed by atoms with Crippen molar-refractivity contribution in [1.82, 2.24) is 9.97 Å². The number of sulfonamides is 1. The number of hydrogen-bond acceptors (Lipinski definition) is 5. The van der Waals surface area contributed by atoms with Crippen LogP contribution >= 0.6 is 0 Å². The summed E-state index contributed by atoms with van der Waals surface area (Å²) in [5.74, 6) is 0.837. The van der Waals surface area contributed by atoms with Crippen molar-refractivity contribution in [3.05, 3.63) is 66.5 Å². The number of rotatable bonds is 5. The summed E-state index contributed by atoms with van der Waals surface area (Å²) in [6.07, 6.45) is 2.79. The first-order chi connectivity index (χ1) is 12.3. The normalized spacial score (nSPS) is 11.5. The Bertz CT molecular complexity index is 999. The highest BCUT2D eigenvalue weighted by molar-refractivity contribution is 7.92. The predicted octanol–water partition coefficient (Wildman–Crippen LogP) is 3.77. The minimum absolute atomic E-state index is 0.112. The second-order valence-electron chi connectivity index (χ2n) is 6.17. The molecule has 0 saturated heterocycles. The number of phenols is 1. The number of anilines is 1. The van der Waals surface area contributed by atoms with Crippen LogP contribution in [0, 0.1) is 0 Å². The molecule has 0 fully saturated rings. The number of aromatic nitrogens is 2. The first-order valence-electron chi connectivity index (χ1n) is 8.09. The average molecular weight is 369 g/mol. The molecule has 0 atom stereocenters. The number of phenolic OH excluding ortho intramolecular Hbond substituents is 1. The van der Waals surface area contributed by atoms with Crippen LogP contribution in [0.4, 0.5) is 5.69 Å². The maximum atomic E-state index is 12.5. The lowest BCUT2D eigenvalue weighted by molar-refractivity contribution is 0.475. The van der Waals surface area contributed by atoms with Gasteiger partial charge in [-0.05, 0) is 35.7 Å². The van der Waals surface area contributed by atoms with Gasteiger partial charge in [0.2, 0.25) is 0 Å². The Labute approximate surface area is 152 Å². The molecule has 0 radical (unpaired) electrons. The molecule has 26 heavy (non-hydrogen) atoms. The molecular weight excluding hydrogens is 350 g/mol. The molecule has 0 aliphatic rings. The lowest BCUT2D eigenvalue weighted by Crippen LogP contribution is -2.13. The fraction of sp³-hybridized carbons (Fsp3) is 0.158. The number of aromatic hydroxyl groups is 1. The molecule has 2 N–H and O–H groups in total. The average Bonchev–Trinajstić information content (AvgIpc) is 2.62. The molecule has 6 nitrogen and oxygen atoms in total. The molecule has 7 heteroatoms. The molecule has 0 unspecified atom stereocenters. The second-order valence-corrected chi connectivity index (χ2v) is 7.86. The minimum Gasteiger partial charge on any atom is -0.508 e. The van der Waals surface area contributed by atoms with E-state index in [2.05, 4.69) is 14.7 Å². The number of nitrogens with zero attached hydrogens (tertiary/aromatic N) is 2. The molecule has 0 aliphatic carbocycles. The maximum absolute atomic E-state index is 12.5. The highest BCUT2D eigenvalue weighted by atomic mass is 32.2. The Morgan fingerprint density at radius 2 is 1.65 bits per heavy atom. The number of benzene rings is 2. The minimum atomic E-state index is -3.71. The van der Waals surface area contributed by atoms with Crippen molar-refractivity contribution in [3.63, 3.8) is 0 Å². The van der Waals surface area contributed by atoms with Gasteiger partial charge in [0.1, 0.15) is 5.75 Å². The van der Waals surface area contributed by atoms with Crippen LogP contribution in [-0.4, -0.2) is 23.5 Å². The van der Waals surface area contributed by atoms with Crippen LogP contribution in [0.1, 0.15) is 25.3 Å². The predicted molar refractivity (Wildman–Crippen MR) is 100 cm³/mol. The third-order valence-corrected chi connectivity index (χ3v) is 5.26. The third kappa shape index (κ3) is 4.00. The summed E-state index contributed by atoms with van der Waals surface area (Å²) in [6.45, 7) is 4.10. The summed E-state index contributed by atoms with van der Waals surface area (Å²) in [7, 11) is -3.71. The second kappa shape index (κ2) is 7.13. The van der Waals surface area contributed by atoms with Crippen LogP contribution in [0.25, 0.3) is 11.4 Å². The van der Waals surface area contributed by atoms with Gasteiger partial charge in [-0.3, -0.25) is 4.72 Å². The van der Waals surface area contributed by atoms with E-state index in [4.69, 9.17) is 0 Å². The molecule has 0 bridgehead atoms. The van der Waals surface area contributed by atoms with Crippen LogP contribution in [-0.2, 0) is 10.0 Å². The zero-order chi connectivity index (χ0) is 18.7. The summed E-state index contributed by atoms with van der Waals surface area (Å²) in [4.78, 5) is 8.49. The van der Waals surface area contributed by atoms with Gasteiger partial charge in [0.05, 0.1) is 23.0 Å². The van der Waals surface area contributed by atoms with Gasteiger partial charge in [0, 0.05) is 5.56 Å². The summed E-state index contributed by atoms with van der Waals surface area (Å²) in [5.41, 5.74) is 1.98. The summed E-state index contributed by atoms with van der Waals surface area (Å²) >= 11 is 0. The molecule has 3 rings (SSSR count). The summed E-state index contributed by atoms with van der Waals surface area (Å²) < 4.78 is 27.4. The van der Waals surface area contributed by atoms with Crippen molar-refractivity contribution in [2.75, 3.05) is 4.72 Å². The van der Waals surface area contributed by atoms with Crippen LogP contribution in [0.3, 0.4) is 0 Å². The molecule has 1 aromatic heterocycles. The zero-order valence-electron chi connectivity index (χ0n) is 14.4. The number of hydrogen-bond donors (Lipinski definition) is 2. The molecule has 0 amide bonds. The van der Waals surface area contributed by atoms with Crippen molar-refractivity contribution < 1.29 is 13.5 Å². The maximum Gasteiger partial charge on any atom is 0.261 e. The molecule has 0 aliphatic heterocycles. The van der Waals surface area contributed by atoms with Crippen molar-refractivity contribution in [1.29, 1.82) is 0 Å². The summed E-state index contributed by atoms with van der Waals surface area (Å²) in [6, 6.07) is 13.3. The Balaban J connectivity index is 1.79. The molecule has 2 aromatic carbocycles. The quantitative estimate of drug-likeness (QED) is 0.714. The Morgan fingerprint density at radius 3 is 2.23 bits per heavy atom. The van der Waals surface area contributed by atoms with Crippen molar-refractivity contribution >= 4 is 15.7 Å². The van der Waals surface area contributed by atoms with Gasteiger partial charge in [-0.25, -0.2) is 18.4 Å². The van der Waals surface area contributed by atoms with E-state index >= 15 is 0 Å². The lowest BCUT2D eigenvalue weighted by atomic mass is 10.0. The van der Waals surface area contributed by atoms with Crippen LogP contribution in [0.15, 0.2) is 65.8 Å². The standard InChI is InChI=1S/C19H19N3O3S/c1-13(2)14-6-8-18(9-7-14)26(24,25)22-16-11-20-19(21-12-16)15-4-3-5-17(23)10-15/h3-13,22-23H,1-2H3. The molecule has 3 aromatic rings. The third-order valence-electron chi connectivity index (χ3n) is 3.87. The Hall–Kier alpha value is -2.93.